The molecule has 1 aromatic rings. The molecule has 0 saturated carbocycles. The predicted octanol–water partition coefficient (Wildman–Crippen LogP) is 3.34. The monoisotopic (exact) mass is 278 g/mol. The number of hydrogen-bond acceptors (Lipinski definition) is 1. The number of benzene rings is 1. The Morgan fingerprint density at radius 2 is 2.21 bits per heavy atom. The van der Waals surface area contributed by atoms with Crippen molar-refractivity contribution in [1.29, 1.82) is 0 Å². The number of aliphatic carboxylic acids is 1. The van der Waals surface area contributed by atoms with Crippen LogP contribution in [0.2, 0.25) is 5.02 Å². The predicted molar refractivity (Wildman–Crippen MR) is 55.8 cm³/mol. The highest BCUT2D eigenvalue weighted by Crippen LogP contribution is 2.25. The standard InChI is InChI=1S/C9H5BrClFO2/c10-6-4-7(11)8(12)3-5(6)1-2-9(13)14/h1-4H,(H,13,14)/b2-1+. The molecule has 14 heavy (non-hydrogen) atoms. The summed E-state index contributed by atoms with van der Waals surface area (Å²) < 4.78 is 13.5. The molecule has 0 radical (unpaired) electrons. The maximum Gasteiger partial charge on any atom is 0.328 e. The number of halogens is 3. The van der Waals surface area contributed by atoms with E-state index in [0.29, 0.717) is 10.0 Å². The second-order valence-electron chi connectivity index (χ2n) is 2.46. The topological polar surface area (TPSA) is 37.3 Å². The molecule has 0 unspecified atom stereocenters. The first-order valence-corrected chi connectivity index (χ1v) is 4.73. The molecule has 5 heteroatoms. The van der Waals surface area contributed by atoms with Gasteiger partial charge in [0.05, 0.1) is 5.02 Å². The second kappa shape index (κ2) is 4.57. The Balaban J connectivity index is 3.10. The van der Waals surface area contributed by atoms with Gasteiger partial charge in [0, 0.05) is 10.5 Å². The van der Waals surface area contributed by atoms with Gasteiger partial charge in [0.2, 0.25) is 0 Å². The van der Waals surface area contributed by atoms with Crippen molar-refractivity contribution in [3.05, 3.63) is 39.1 Å². The van der Waals surface area contributed by atoms with Gasteiger partial charge in [-0.2, -0.15) is 0 Å². The van der Waals surface area contributed by atoms with Gasteiger partial charge < -0.3 is 5.11 Å². The molecular formula is C9H5BrClFO2. The third-order valence-electron chi connectivity index (χ3n) is 1.45. The molecule has 0 aromatic heterocycles. The molecule has 74 valence electrons. The van der Waals surface area contributed by atoms with Crippen LogP contribution in [0.5, 0.6) is 0 Å². The smallest absolute Gasteiger partial charge is 0.328 e. The molecule has 0 aliphatic carbocycles. The number of carboxylic acid groups (broad SMARTS) is 1. The van der Waals surface area contributed by atoms with E-state index in [1.807, 2.05) is 0 Å². The highest BCUT2D eigenvalue weighted by molar-refractivity contribution is 9.10. The fourth-order valence-electron chi connectivity index (χ4n) is 0.827. The maximum atomic E-state index is 12.9. The summed E-state index contributed by atoms with van der Waals surface area (Å²) in [6, 6.07) is 2.53. The third-order valence-corrected chi connectivity index (χ3v) is 2.42. The van der Waals surface area contributed by atoms with Crippen molar-refractivity contribution in [2.24, 2.45) is 0 Å². The van der Waals surface area contributed by atoms with Gasteiger partial charge in [-0.05, 0) is 23.8 Å². The first-order chi connectivity index (χ1) is 6.50. The molecular weight excluding hydrogens is 274 g/mol. The summed E-state index contributed by atoms with van der Waals surface area (Å²) in [5.74, 6) is -1.67. The van der Waals surface area contributed by atoms with Crippen molar-refractivity contribution < 1.29 is 14.3 Å². The van der Waals surface area contributed by atoms with Crippen LogP contribution >= 0.6 is 27.5 Å². The van der Waals surface area contributed by atoms with Gasteiger partial charge in [0.1, 0.15) is 5.82 Å². The molecule has 2 nitrogen and oxygen atoms in total. The zero-order valence-corrected chi connectivity index (χ0v) is 9.14. The van der Waals surface area contributed by atoms with Crippen LogP contribution in [0.25, 0.3) is 6.08 Å². The number of rotatable bonds is 2. The zero-order valence-electron chi connectivity index (χ0n) is 6.80. The van der Waals surface area contributed by atoms with E-state index in [1.165, 1.54) is 12.1 Å². The van der Waals surface area contributed by atoms with E-state index < -0.39 is 11.8 Å². The minimum absolute atomic E-state index is 0.00986. The summed E-state index contributed by atoms with van der Waals surface area (Å²) in [4.78, 5) is 10.2. The quantitative estimate of drug-likeness (QED) is 0.666. The molecule has 0 atom stereocenters. The molecule has 0 heterocycles. The zero-order chi connectivity index (χ0) is 10.7. The minimum atomic E-state index is -1.09. The number of carbonyl (C=O) groups is 1. The van der Waals surface area contributed by atoms with Crippen LogP contribution in [-0.2, 0) is 4.79 Å². The van der Waals surface area contributed by atoms with Crippen LogP contribution in [0.1, 0.15) is 5.56 Å². The summed E-state index contributed by atoms with van der Waals surface area (Å²) in [6.45, 7) is 0. The van der Waals surface area contributed by atoms with Crippen molar-refractivity contribution in [2.75, 3.05) is 0 Å². The van der Waals surface area contributed by atoms with E-state index in [-0.39, 0.29) is 5.02 Å². The largest absolute Gasteiger partial charge is 0.478 e. The van der Waals surface area contributed by atoms with Crippen molar-refractivity contribution in [2.45, 2.75) is 0 Å². The average molecular weight is 279 g/mol. The van der Waals surface area contributed by atoms with Gasteiger partial charge in [-0.1, -0.05) is 27.5 Å². The first kappa shape index (κ1) is 11.2. The van der Waals surface area contributed by atoms with E-state index in [4.69, 9.17) is 16.7 Å². The first-order valence-electron chi connectivity index (χ1n) is 3.56. The Bertz CT molecular complexity index is 404. The Morgan fingerprint density at radius 3 is 2.79 bits per heavy atom. The highest BCUT2D eigenvalue weighted by atomic mass is 79.9. The van der Waals surface area contributed by atoms with Gasteiger partial charge in [-0.3, -0.25) is 0 Å². The van der Waals surface area contributed by atoms with Gasteiger partial charge in [0.15, 0.2) is 0 Å². The van der Waals surface area contributed by atoms with Crippen molar-refractivity contribution in [3.8, 4) is 0 Å². The van der Waals surface area contributed by atoms with Crippen LogP contribution in [0.15, 0.2) is 22.7 Å². The molecule has 0 fully saturated rings. The molecule has 1 N–H and O–H groups in total. The molecule has 0 aliphatic rings. The lowest BCUT2D eigenvalue weighted by Gasteiger charge is -2.00. The number of carboxylic acids is 1. The molecule has 1 aromatic carbocycles. The Kier molecular flexibility index (Phi) is 3.66. The molecule has 0 aliphatic heterocycles. The van der Waals surface area contributed by atoms with Crippen LogP contribution in [0.4, 0.5) is 4.39 Å². The van der Waals surface area contributed by atoms with Gasteiger partial charge in [0.25, 0.3) is 0 Å². The van der Waals surface area contributed by atoms with Crippen molar-refractivity contribution in [3.63, 3.8) is 0 Å². The summed E-state index contributed by atoms with van der Waals surface area (Å²) >= 11 is 8.64. The van der Waals surface area contributed by atoms with Crippen LogP contribution in [-0.4, -0.2) is 11.1 Å². The average Bonchev–Trinajstić information content (AvgIpc) is 2.09. The Hall–Kier alpha value is -0.870. The fraction of sp³-hybridized carbons (Fsp3) is 0. The SMILES string of the molecule is O=C(O)/C=C/c1cc(F)c(Cl)cc1Br. The van der Waals surface area contributed by atoms with Gasteiger partial charge in [-0.15, -0.1) is 0 Å². The van der Waals surface area contributed by atoms with E-state index in [0.717, 1.165) is 12.1 Å². The molecule has 1 rings (SSSR count). The Morgan fingerprint density at radius 1 is 1.57 bits per heavy atom. The number of hydrogen-bond donors (Lipinski definition) is 1. The molecule has 0 bridgehead atoms. The lowest BCUT2D eigenvalue weighted by molar-refractivity contribution is -0.131. The fourth-order valence-corrected chi connectivity index (χ4v) is 1.60. The van der Waals surface area contributed by atoms with Gasteiger partial charge in [-0.25, -0.2) is 9.18 Å². The van der Waals surface area contributed by atoms with Crippen LogP contribution in [0, 0.1) is 5.82 Å². The third kappa shape index (κ3) is 2.82. The minimum Gasteiger partial charge on any atom is -0.478 e. The highest BCUT2D eigenvalue weighted by Gasteiger charge is 2.04. The van der Waals surface area contributed by atoms with Gasteiger partial charge >= 0.3 is 5.97 Å². The van der Waals surface area contributed by atoms with E-state index in [1.54, 1.807) is 0 Å². The maximum absolute atomic E-state index is 12.9. The molecule has 0 amide bonds. The normalized spacial score (nSPS) is 10.8. The van der Waals surface area contributed by atoms with Crippen molar-refractivity contribution in [1.82, 2.24) is 0 Å². The molecule has 0 saturated heterocycles. The van der Waals surface area contributed by atoms with Crippen LogP contribution in [0.3, 0.4) is 0 Å². The van der Waals surface area contributed by atoms with E-state index in [2.05, 4.69) is 15.9 Å². The summed E-state index contributed by atoms with van der Waals surface area (Å²) in [5, 5.41) is 8.36. The van der Waals surface area contributed by atoms with Crippen molar-refractivity contribution >= 4 is 39.6 Å². The van der Waals surface area contributed by atoms with E-state index in [9.17, 15) is 9.18 Å². The summed E-state index contributed by atoms with van der Waals surface area (Å²) in [6.07, 6.45) is 2.21. The second-order valence-corrected chi connectivity index (χ2v) is 3.72. The van der Waals surface area contributed by atoms with E-state index >= 15 is 0 Å². The molecule has 0 spiro atoms. The summed E-state index contributed by atoms with van der Waals surface area (Å²) in [5.41, 5.74) is 0.425. The lowest BCUT2D eigenvalue weighted by Crippen LogP contribution is -1.87. The lowest BCUT2D eigenvalue weighted by atomic mass is 10.2. The Labute approximate surface area is 93.1 Å². The summed E-state index contributed by atoms with van der Waals surface area (Å²) in [7, 11) is 0. The van der Waals surface area contributed by atoms with Crippen LogP contribution < -0.4 is 0 Å².